The van der Waals surface area contributed by atoms with E-state index in [9.17, 15) is 4.79 Å². The van der Waals surface area contributed by atoms with Gasteiger partial charge in [-0.05, 0) is 31.5 Å². The first-order chi connectivity index (χ1) is 9.10. The van der Waals surface area contributed by atoms with Gasteiger partial charge in [-0.1, -0.05) is 28.1 Å². The molecule has 1 unspecified atom stereocenters. The zero-order valence-electron chi connectivity index (χ0n) is 11.6. The van der Waals surface area contributed by atoms with Crippen molar-refractivity contribution in [2.24, 2.45) is 0 Å². The molecule has 1 aliphatic heterocycles. The van der Waals surface area contributed by atoms with Gasteiger partial charge >= 0.3 is 0 Å². The van der Waals surface area contributed by atoms with Gasteiger partial charge in [-0.15, -0.1) is 0 Å². The van der Waals surface area contributed by atoms with E-state index in [2.05, 4.69) is 58.9 Å². The van der Waals surface area contributed by atoms with Crippen LogP contribution in [0.25, 0.3) is 0 Å². The van der Waals surface area contributed by atoms with Crippen molar-refractivity contribution in [3.63, 3.8) is 0 Å². The van der Waals surface area contributed by atoms with Gasteiger partial charge in [0.15, 0.2) is 0 Å². The second-order valence-electron chi connectivity index (χ2n) is 5.06. The molecule has 3 nitrogen and oxygen atoms in total. The first kappa shape index (κ1) is 14.4. The highest BCUT2D eigenvalue weighted by Gasteiger charge is 2.27. The van der Waals surface area contributed by atoms with E-state index in [1.54, 1.807) is 0 Å². The number of carbonyl (C=O) groups is 1. The summed E-state index contributed by atoms with van der Waals surface area (Å²) in [7, 11) is 0. The molecule has 0 aliphatic carbocycles. The van der Waals surface area contributed by atoms with Crippen LogP contribution in [0.2, 0.25) is 0 Å². The Morgan fingerprint density at radius 3 is 2.84 bits per heavy atom. The lowest BCUT2D eigenvalue weighted by Gasteiger charge is -2.26. The van der Waals surface area contributed by atoms with Crippen molar-refractivity contribution in [2.45, 2.75) is 25.1 Å². The fourth-order valence-corrected chi connectivity index (χ4v) is 3.10. The second kappa shape index (κ2) is 6.42. The normalized spacial score (nSPS) is 19.0. The standard InChI is InChI=1S/C15H21BrN2O/c1-3-17(14-6-4-5-12(2)9-14)7-8-18-11-13(16)10-15(18)19/h4-6,9,13H,3,7-8,10-11H2,1-2H3. The summed E-state index contributed by atoms with van der Waals surface area (Å²) in [6, 6.07) is 8.53. The second-order valence-corrected chi connectivity index (χ2v) is 6.35. The summed E-state index contributed by atoms with van der Waals surface area (Å²) in [6.45, 7) is 7.76. The molecule has 19 heavy (non-hydrogen) atoms. The van der Waals surface area contributed by atoms with Crippen LogP contribution in [-0.4, -0.2) is 41.8 Å². The number of alkyl halides is 1. The number of likely N-dealkylation sites (N-methyl/N-ethyl adjacent to an activating group) is 1. The van der Waals surface area contributed by atoms with E-state index in [1.165, 1.54) is 11.3 Å². The Bertz CT molecular complexity index is 450. The maximum atomic E-state index is 11.8. The molecule has 0 spiro atoms. The fourth-order valence-electron chi connectivity index (χ4n) is 2.48. The van der Waals surface area contributed by atoms with Crippen molar-refractivity contribution in [1.82, 2.24) is 4.90 Å². The van der Waals surface area contributed by atoms with Crippen LogP contribution < -0.4 is 4.90 Å². The first-order valence-electron chi connectivity index (χ1n) is 6.83. The first-order valence-corrected chi connectivity index (χ1v) is 7.75. The minimum atomic E-state index is 0.266. The largest absolute Gasteiger partial charge is 0.370 e. The van der Waals surface area contributed by atoms with Crippen LogP contribution in [0.5, 0.6) is 0 Å². The Morgan fingerprint density at radius 1 is 1.47 bits per heavy atom. The zero-order valence-corrected chi connectivity index (χ0v) is 13.2. The third-order valence-corrected chi connectivity index (χ3v) is 4.17. The van der Waals surface area contributed by atoms with E-state index in [-0.39, 0.29) is 5.91 Å². The Kier molecular flexibility index (Phi) is 4.86. The average molecular weight is 325 g/mol. The summed E-state index contributed by atoms with van der Waals surface area (Å²) < 4.78 is 0. The number of hydrogen-bond acceptors (Lipinski definition) is 2. The van der Waals surface area contributed by atoms with E-state index in [4.69, 9.17) is 0 Å². The smallest absolute Gasteiger partial charge is 0.223 e. The fraction of sp³-hybridized carbons (Fsp3) is 0.533. The number of aryl methyl sites for hydroxylation is 1. The van der Waals surface area contributed by atoms with Crippen LogP contribution in [0.4, 0.5) is 5.69 Å². The summed E-state index contributed by atoms with van der Waals surface area (Å²) in [5.74, 6) is 0.266. The monoisotopic (exact) mass is 324 g/mol. The molecule has 1 heterocycles. The van der Waals surface area contributed by atoms with Gasteiger partial charge < -0.3 is 9.80 Å². The van der Waals surface area contributed by atoms with E-state index < -0.39 is 0 Å². The average Bonchev–Trinajstić information content (AvgIpc) is 2.69. The Balaban J connectivity index is 1.95. The van der Waals surface area contributed by atoms with E-state index in [0.717, 1.165) is 26.2 Å². The molecule has 2 rings (SSSR count). The number of amides is 1. The minimum absolute atomic E-state index is 0.266. The van der Waals surface area contributed by atoms with E-state index in [0.29, 0.717) is 11.2 Å². The number of carbonyl (C=O) groups excluding carboxylic acids is 1. The molecule has 0 radical (unpaired) electrons. The van der Waals surface area contributed by atoms with Crippen molar-refractivity contribution in [1.29, 1.82) is 0 Å². The summed E-state index contributed by atoms with van der Waals surface area (Å²) >= 11 is 3.52. The lowest BCUT2D eigenvalue weighted by molar-refractivity contribution is -0.127. The van der Waals surface area contributed by atoms with Gasteiger partial charge in [0.05, 0.1) is 0 Å². The van der Waals surface area contributed by atoms with Gasteiger partial charge in [0.1, 0.15) is 0 Å². The molecular formula is C15H21BrN2O. The lowest BCUT2D eigenvalue weighted by Crippen LogP contribution is -2.36. The van der Waals surface area contributed by atoms with Crippen molar-refractivity contribution in [3.05, 3.63) is 29.8 Å². The lowest BCUT2D eigenvalue weighted by atomic mass is 10.2. The van der Waals surface area contributed by atoms with Gasteiger partial charge in [0.2, 0.25) is 5.91 Å². The Hall–Kier alpha value is -1.03. The number of nitrogens with zero attached hydrogens (tertiary/aromatic N) is 2. The van der Waals surface area contributed by atoms with E-state index in [1.807, 2.05) is 4.90 Å². The highest BCUT2D eigenvalue weighted by atomic mass is 79.9. The van der Waals surface area contributed by atoms with Gasteiger partial charge in [0, 0.05) is 43.1 Å². The van der Waals surface area contributed by atoms with Crippen LogP contribution in [-0.2, 0) is 4.79 Å². The molecule has 1 atom stereocenters. The van der Waals surface area contributed by atoms with E-state index >= 15 is 0 Å². The maximum absolute atomic E-state index is 11.8. The predicted molar refractivity (Wildman–Crippen MR) is 83.0 cm³/mol. The van der Waals surface area contributed by atoms with Crippen LogP contribution in [0.15, 0.2) is 24.3 Å². The summed E-state index contributed by atoms with van der Waals surface area (Å²) in [4.78, 5) is 16.4. The van der Waals surface area contributed by atoms with Crippen molar-refractivity contribution >= 4 is 27.5 Å². The van der Waals surface area contributed by atoms with Crippen LogP contribution >= 0.6 is 15.9 Å². The topological polar surface area (TPSA) is 23.6 Å². The SMILES string of the molecule is CCN(CCN1CC(Br)CC1=O)c1cccc(C)c1. The van der Waals surface area contributed by atoms with Crippen molar-refractivity contribution in [3.8, 4) is 0 Å². The number of rotatable bonds is 5. The molecular weight excluding hydrogens is 304 g/mol. The van der Waals surface area contributed by atoms with Gasteiger partial charge in [-0.3, -0.25) is 4.79 Å². The minimum Gasteiger partial charge on any atom is -0.370 e. The third kappa shape index (κ3) is 3.72. The number of benzene rings is 1. The van der Waals surface area contributed by atoms with Gasteiger partial charge in [0.25, 0.3) is 0 Å². The molecule has 1 aromatic rings. The molecule has 0 aromatic heterocycles. The molecule has 1 aliphatic rings. The van der Waals surface area contributed by atoms with Crippen LogP contribution in [0.3, 0.4) is 0 Å². The molecule has 0 N–H and O–H groups in total. The molecule has 1 amide bonds. The number of hydrogen-bond donors (Lipinski definition) is 0. The van der Waals surface area contributed by atoms with Crippen molar-refractivity contribution < 1.29 is 4.79 Å². The third-order valence-electron chi connectivity index (χ3n) is 3.56. The van der Waals surface area contributed by atoms with Gasteiger partial charge in [-0.2, -0.15) is 0 Å². The molecule has 0 saturated carbocycles. The number of anilines is 1. The zero-order chi connectivity index (χ0) is 13.8. The molecule has 104 valence electrons. The summed E-state index contributed by atoms with van der Waals surface area (Å²) in [5, 5.41) is 0. The highest BCUT2D eigenvalue weighted by Crippen LogP contribution is 2.19. The molecule has 4 heteroatoms. The Morgan fingerprint density at radius 2 is 2.26 bits per heavy atom. The van der Waals surface area contributed by atoms with Crippen LogP contribution in [0.1, 0.15) is 18.9 Å². The molecule has 1 saturated heterocycles. The summed E-state index contributed by atoms with van der Waals surface area (Å²) in [5.41, 5.74) is 2.51. The predicted octanol–water partition coefficient (Wildman–Crippen LogP) is 2.82. The van der Waals surface area contributed by atoms with Gasteiger partial charge in [-0.25, -0.2) is 0 Å². The molecule has 1 fully saturated rings. The Labute approximate surface area is 123 Å². The molecule has 0 bridgehead atoms. The molecule has 1 aromatic carbocycles. The quantitative estimate of drug-likeness (QED) is 0.777. The maximum Gasteiger partial charge on any atom is 0.223 e. The van der Waals surface area contributed by atoms with Crippen LogP contribution in [0, 0.1) is 6.92 Å². The van der Waals surface area contributed by atoms with Crippen molar-refractivity contribution in [2.75, 3.05) is 31.1 Å². The summed E-state index contributed by atoms with van der Waals surface area (Å²) in [6.07, 6.45) is 0.635. The number of likely N-dealkylation sites (tertiary alicyclic amines) is 1. The number of halogens is 1. The highest BCUT2D eigenvalue weighted by molar-refractivity contribution is 9.09.